The molecule has 9 nitrogen and oxygen atoms in total. The predicted octanol–water partition coefficient (Wildman–Crippen LogP) is 5.14. The fraction of sp³-hybridized carbons (Fsp3) is 0.267. The average molecular weight is 522 g/mol. The third-order valence-corrected chi connectivity index (χ3v) is 6.79. The van der Waals surface area contributed by atoms with Crippen molar-refractivity contribution in [2.45, 2.75) is 52.0 Å². The normalized spacial score (nSPS) is 11.1. The van der Waals surface area contributed by atoms with Crippen LogP contribution in [-0.2, 0) is 13.0 Å². The Hall–Kier alpha value is -4.66. The number of nitrogens with one attached hydrogen (secondary N) is 1. The number of H-pyrrole nitrogens is 1. The van der Waals surface area contributed by atoms with Gasteiger partial charge in [0.05, 0.1) is 6.54 Å². The van der Waals surface area contributed by atoms with Gasteiger partial charge in [-0.1, -0.05) is 99.3 Å². The summed E-state index contributed by atoms with van der Waals surface area (Å²) in [5.74, 6) is 0.814. The molecule has 0 aliphatic heterocycles. The Kier molecular flexibility index (Phi) is 8.16. The second-order valence-corrected chi connectivity index (χ2v) is 9.52. The van der Waals surface area contributed by atoms with Gasteiger partial charge < -0.3 is 0 Å². The molecule has 2 heterocycles. The van der Waals surface area contributed by atoms with Gasteiger partial charge in [0.15, 0.2) is 5.82 Å². The van der Waals surface area contributed by atoms with Gasteiger partial charge in [0, 0.05) is 17.5 Å². The van der Waals surface area contributed by atoms with Gasteiger partial charge in [-0.25, -0.2) is 9.89 Å². The molecule has 0 amide bonds. The van der Waals surface area contributed by atoms with E-state index in [-0.39, 0.29) is 0 Å². The molecule has 5 aromatic rings. The number of benzene rings is 3. The van der Waals surface area contributed by atoms with Gasteiger partial charge in [-0.05, 0) is 45.7 Å². The number of aromatic amines is 1. The molecule has 0 radical (unpaired) electrons. The molecule has 9 heteroatoms. The number of hydrogen-bond donors (Lipinski definition) is 1. The first kappa shape index (κ1) is 26.0. The molecule has 0 atom stereocenters. The first-order chi connectivity index (χ1) is 19.2. The highest BCUT2D eigenvalue weighted by Gasteiger charge is 2.20. The molecule has 39 heavy (non-hydrogen) atoms. The standard InChI is InChI=1S/C30H31N7O2/c1-2-3-4-5-9-16-27-33-37(29(38)24-12-7-6-8-13-24)30(39)36(27)21-22-17-19-23(20-18-22)25-14-10-11-15-26(25)28-31-34-35-32-28/h6-8,10-15,17-20H,2-5,9,16,21H2,1H3,(H,31,32,34,35). The van der Waals surface area contributed by atoms with E-state index in [1.807, 2.05) is 54.6 Å². The van der Waals surface area contributed by atoms with Crippen LogP contribution >= 0.6 is 0 Å². The number of aromatic nitrogens is 7. The Morgan fingerprint density at radius 3 is 2.28 bits per heavy atom. The van der Waals surface area contributed by atoms with Crippen LogP contribution in [0.15, 0.2) is 83.7 Å². The topological polar surface area (TPSA) is 111 Å². The van der Waals surface area contributed by atoms with Crippen LogP contribution in [0.5, 0.6) is 0 Å². The Morgan fingerprint density at radius 1 is 0.846 bits per heavy atom. The SMILES string of the molecule is CCCCCCCc1nn(C(=O)c2ccccc2)c(=O)n1Cc1ccc(-c2ccccc2-c2nnn[nH]2)cc1. The summed E-state index contributed by atoms with van der Waals surface area (Å²) >= 11 is 0. The van der Waals surface area contributed by atoms with Crippen LogP contribution in [0.1, 0.15) is 60.8 Å². The van der Waals surface area contributed by atoms with Gasteiger partial charge in [-0.3, -0.25) is 9.36 Å². The van der Waals surface area contributed by atoms with Crippen molar-refractivity contribution in [2.75, 3.05) is 0 Å². The quantitative estimate of drug-likeness (QED) is 0.241. The number of rotatable bonds is 11. The van der Waals surface area contributed by atoms with E-state index in [0.717, 1.165) is 46.2 Å². The molecular formula is C30H31N7O2. The lowest BCUT2D eigenvalue weighted by molar-refractivity contribution is 0.0939. The van der Waals surface area contributed by atoms with E-state index in [0.29, 0.717) is 30.2 Å². The lowest BCUT2D eigenvalue weighted by atomic mass is 9.98. The molecular weight excluding hydrogens is 490 g/mol. The maximum atomic E-state index is 13.4. The van der Waals surface area contributed by atoms with Gasteiger partial charge in [-0.15, -0.1) is 14.9 Å². The highest BCUT2D eigenvalue weighted by atomic mass is 16.2. The maximum absolute atomic E-state index is 13.4. The van der Waals surface area contributed by atoms with Crippen LogP contribution in [-0.4, -0.2) is 40.9 Å². The minimum absolute atomic E-state index is 0.332. The van der Waals surface area contributed by atoms with Crippen LogP contribution in [0.4, 0.5) is 0 Å². The number of hydrogen-bond acceptors (Lipinski definition) is 6. The van der Waals surface area contributed by atoms with Crippen LogP contribution in [0.3, 0.4) is 0 Å². The van der Waals surface area contributed by atoms with Crippen LogP contribution in [0, 0.1) is 0 Å². The van der Waals surface area contributed by atoms with Crippen molar-refractivity contribution in [3.05, 3.63) is 106 Å². The molecule has 0 fully saturated rings. The molecule has 0 saturated heterocycles. The van der Waals surface area contributed by atoms with E-state index >= 15 is 0 Å². The molecule has 0 saturated carbocycles. The van der Waals surface area contributed by atoms with E-state index in [9.17, 15) is 9.59 Å². The van der Waals surface area contributed by atoms with Crippen LogP contribution < -0.4 is 5.69 Å². The first-order valence-corrected chi connectivity index (χ1v) is 13.4. The molecule has 5 rings (SSSR count). The van der Waals surface area contributed by atoms with Gasteiger partial charge in [0.2, 0.25) is 0 Å². The van der Waals surface area contributed by atoms with E-state index < -0.39 is 11.6 Å². The van der Waals surface area contributed by atoms with Crippen molar-refractivity contribution in [2.24, 2.45) is 0 Å². The number of nitrogens with zero attached hydrogens (tertiary/aromatic N) is 6. The second kappa shape index (κ2) is 12.3. The third-order valence-electron chi connectivity index (χ3n) is 6.79. The fourth-order valence-corrected chi connectivity index (χ4v) is 4.69. The van der Waals surface area contributed by atoms with Crippen molar-refractivity contribution in [3.8, 4) is 22.5 Å². The highest BCUT2D eigenvalue weighted by Crippen LogP contribution is 2.29. The largest absolute Gasteiger partial charge is 0.353 e. The molecule has 2 aromatic heterocycles. The first-order valence-electron chi connectivity index (χ1n) is 13.4. The van der Waals surface area contributed by atoms with Gasteiger partial charge in [0.1, 0.15) is 5.82 Å². The van der Waals surface area contributed by atoms with Crippen molar-refractivity contribution in [1.29, 1.82) is 0 Å². The Bertz CT molecular complexity index is 1570. The molecule has 0 aliphatic carbocycles. The predicted molar refractivity (Wildman–Crippen MR) is 149 cm³/mol. The number of tetrazole rings is 1. The second-order valence-electron chi connectivity index (χ2n) is 9.52. The van der Waals surface area contributed by atoms with E-state index in [4.69, 9.17) is 0 Å². The minimum atomic E-state index is -0.417. The lowest BCUT2D eigenvalue weighted by Gasteiger charge is -2.09. The summed E-state index contributed by atoms with van der Waals surface area (Å²) in [5, 5.41) is 18.8. The van der Waals surface area contributed by atoms with Gasteiger partial charge in [0.25, 0.3) is 5.91 Å². The van der Waals surface area contributed by atoms with E-state index in [1.165, 1.54) is 12.8 Å². The van der Waals surface area contributed by atoms with E-state index in [2.05, 4.69) is 32.6 Å². The zero-order valence-corrected chi connectivity index (χ0v) is 22.0. The number of carbonyl (C=O) groups excluding carboxylic acids is 1. The number of carbonyl (C=O) groups is 1. The van der Waals surface area contributed by atoms with E-state index in [1.54, 1.807) is 28.8 Å². The smallest absolute Gasteiger partial charge is 0.274 e. The summed E-state index contributed by atoms with van der Waals surface area (Å²) in [5.41, 5.74) is 3.86. The Labute approximate surface area is 226 Å². The monoisotopic (exact) mass is 521 g/mol. The summed E-state index contributed by atoms with van der Waals surface area (Å²) < 4.78 is 2.64. The summed E-state index contributed by atoms with van der Waals surface area (Å²) in [6, 6.07) is 24.7. The minimum Gasteiger partial charge on any atom is -0.274 e. The average Bonchev–Trinajstić information content (AvgIpc) is 3.62. The molecule has 0 unspecified atom stereocenters. The molecule has 0 bridgehead atoms. The number of aryl methyl sites for hydroxylation is 1. The van der Waals surface area contributed by atoms with Crippen molar-refractivity contribution in [1.82, 2.24) is 35.0 Å². The Morgan fingerprint density at radius 2 is 1.56 bits per heavy atom. The number of unbranched alkanes of at least 4 members (excludes halogenated alkanes) is 4. The Balaban J connectivity index is 1.42. The fourth-order valence-electron chi connectivity index (χ4n) is 4.69. The van der Waals surface area contributed by atoms with Crippen molar-refractivity contribution < 1.29 is 4.79 Å². The van der Waals surface area contributed by atoms with Gasteiger partial charge >= 0.3 is 5.69 Å². The molecule has 3 aromatic carbocycles. The maximum Gasteiger partial charge on any atom is 0.353 e. The summed E-state index contributed by atoms with van der Waals surface area (Å²) in [4.78, 5) is 26.5. The van der Waals surface area contributed by atoms with Crippen molar-refractivity contribution in [3.63, 3.8) is 0 Å². The summed E-state index contributed by atoms with van der Waals surface area (Å²) in [6.07, 6.45) is 6.14. The van der Waals surface area contributed by atoms with Gasteiger partial charge in [-0.2, -0.15) is 0 Å². The highest BCUT2D eigenvalue weighted by molar-refractivity contribution is 5.95. The zero-order valence-electron chi connectivity index (χ0n) is 22.0. The zero-order chi connectivity index (χ0) is 27.0. The molecule has 0 aliphatic rings. The van der Waals surface area contributed by atoms with Crippen LogP contribution in [0.2, 0.25) is 0 Å². The van der Waals surface area contributed by atoms with Crippen LogP contribution in [0.25, 0.3) is 22.5 Å². The van der Waals surface area contributed by atoms with Crippen molar-refractivity contribution >= 4 is 5.91 Å². The molecule has 0 spiro atoms. The summed E-state index contributed by atoms with van der Waals surface area (Å²) in [7, 11) is 0. The molecule has 1 N–H and O–H groups in total. The lowest BCUT2D eigenvalue weighted by Crippen LogP contribution is -2.30. The molecule has 198 valence electrons. The summed E-state index contributed by atoms with van der Waals surface area (Å²) in [6.45, 7) is 2.52. The third kappa shape index (κ3) is 5.93.